The van der Waals surface area contributed by atoms with Crippen molar-refractivity contribution in [2.75, 3.05) is 12.4 Å². The maximum atomic E-state index is 13.9. The van der Waals surface area contributed by atoms with E-state index in [1.54, 1.807) is 30.3 Å². The van der Waals surface area contributed by atoms with Crippen LogP contribution in [0, 0.1) is 23.0 Å². The molecule has 1 heterocycles. The van der Waals surface area contributed by atoms with Gasteiger partial charge in [0.25, 0.3) is 5.91 Å². The van der Waals surface area contributed by atoms with Crippen molar-refractivity contribution in [2.24, 2.45) is 0 Å². The van der Waals surface area contributed by atoms with E-state index in [0.717, 1.165) is 12.1 Å². The Kier molecular flexibility index (Phi) is 5.51. The maximum absolute atomic E-state index is 13.9. The van der Waals surface area contributed by atoms with Crippen molar-refractivity contribution in [3.05, 3.63) is 77.6 Å². The predicted molar refractivity (Wildman–Crippen MR) is 99.3 cm³/mol. The van der Waals surface area contributed by atoms with Crippen molar-refractivity contribution >= 4 is 17.7 Å². The number of furan rings is 1. The Bertz CT molecular complexity index is 1080. The molecule has 0 fully saturated rings. The van der Waals surface area contributed by atoms with Gasteiger partial charge >= 0.3 is 0 Å². The molecule has 5 nitrogen and oxygen atoms in total. The topological polar surface area (TPSA) is 75.3 Å². The number of ether oxygens (including phenoxy) is 1. The maximum Gasteiger partial charge on any atom is 0.266 e. The predicted octanol–water partition coefficient (Wildman–Crippen LogP) is 4.78. The standard InChI is InChI=1S/C21H14F2N2O3/c1-27-16-5-3-15(4-6-16)25-21(26)13(12-24)10-17-7-9-20(28-17)18-8-2-14(22)11-19(18)23/h2-11H,1H3,(H,25,26)/b13-10+. The van der Waals surface area contributed by atoms with Gasteiger partial charge in [0.05, 0.1) is 12.7 Å². The second-order valence-electron chi connectivity index (χ2n) is 5.68. The number of amides is 1. The smallest absolute Gasteiger partial charge is 0.266 e. The fourth-order valence-corrected chi connectivity index (χ4v) is 2.43. The van der Waals surface area contributed by atoms with Crippen molar-refractivity contribution in [2.45, 2.75) is 0 Å². The average Bonchev–Trinajstić information content (AvgIpc) is 3.15. The molecule has 0 aliphatic heterocycles. The summed E-state index contributed by atoms with van der Waals surface area (Å²) >= 11 is 0. The summed E-state index contributed by atoms with van der Waals surface area (Å²) in [4.78, 5) is 12.3. The van der Waals surface area contributed by atoms with Crippen LogP contribution in [0.25, 0.3) is 17.4 Å². The van der Waals surface area contributed by atoms with E-state index in [2.05, 4.69) is 5.32 Å². The third-order valence-corrected chi connectivity index (χ3v) is 3.82. The van der Waals surface area contributed by atoms with Crippen LogP contribution in [0.4, 0.5) is 14.5 Å². The zero-order chi connectivity index (χ0) is 20.1. The summed E-state index contributed by atoms with van der Waals surface area (Å²) < 4.78 is 37.4. The Hall–Kier alpha value is -3.92. The first-order valence-electron chi connectivity index (χ1n) is 8.12. The molecule has 0 atom stereocenters. The SMILES string of the molecule is COc1ccc(NC(=O)/C(C#N)=C/c2ccc(-c3ccc(F)cc3F)o2)cc1. The van der Waals surface area contributed by atoms with Crippen LogP contribution in [0.15, 0.2) is 64.6 Å². The number of carbonyl (C=O) groups is 1. The molecule has 0 aliphatic carbocycles. The number of methoxy groups -OCH3 is 1. The lowest BCUT2D eigenvalue weighted by molar-refractivity contribution is -0.112. The molecular weight excluding hydrogens is 366 g/mol. The summed E-state index contributed by atoms with van der Waals surface area (Å²) in [5.41, 5.74) is 0.360. The molecule has 28 heavy (non-hydrogen) atoms. The Morgan fingerprint density at radius 2 is 1.89 bits per heavy atom. The van der Waals surface area contributed by atoms with Crippen molar-refractivity contribution in [3.63, 3.8) is 0 Å². The molecule has 3 aromatic rings. The number of nitriles is 1. The largest absolute Gasteiger partial charge is 0.497 e. The quantitative estimate of drug-likeness (QED) is 0.511. The van der Waals surface area contributed by atoms with Crippen molar-refractivity contribution in [3.8, 4) is 23.1 Å². The Morgan fingerprint density at radius 3 is 2.54 bits per heavy atom. The van der Waals surface area contributed by atoms with E-state index in [0.29, 0.717) is 11.4 Å². The normalized spacial score (nSPS) is 11.0. The van der Waals surface area contributed by atoms with E-state index >= 15 is 0 Å². The van der Waals surface area contributed by atoms with Gasteiger partial charge in [-0.3, -0.25) is 4.79 Å². The molecule has 0 aliphatic rings. The average molecular weight is 380 g/mol. The van der Waals surface area contributed by atoms with Gasteiger partial charge in [0.2, 0.25) is 0 Å². The number of carbonyl (C=O) groups excluding carboxylic acids is 1. The highest BCUT2D eigenvalue weighted by Gasteiger charge is 2.13. The third-order valence-electron chi connectivity index (χ3n) is 3.82. The molecule has 1 N–H and O–H groups in total. The Morgan fingerprint density at radius 1 is 1.14 bits per heavy atom. The van der Waals surface area contributed by atoms with Crippen LogP contribution in [0.2, 0.25) is 0 Å². The molecule has 7 heteroatoms. The highest BCUT2D eigenvalue weighted by Crippen LogP contribution is 2.26. The molecule has 0 bridgehead atoms. The lowest BCUT2D eigenvalue weighted by Gasteiger charge is -2.05. The van der Waals surface area contributed by atoms with E-state index < -0.39 is 17.5 Å². The zero-order valence-electron chi connectivity index (χ0n) is 14.7. The molecule has 0 saturated carbocycles. The minimum atomic E-state index is -0.775. The lowest BCUT2D eigenvalue weighted by atomic mass is 10.1. The van der Waals surface area contributed by atoms with Gasteiger partial charge in [0.1, 0.15) is 40.5 Å². The van der Waals surface area contributed by atoms with Crippen LogP contribution >= 0.6 is 0 Å². The van der Waals surface area contributed by atoms with Gasteiger partial charge in [-0.25, -0.2) is 8.78 Å². The summed E-state index contributed by atoms with van der Waals surface area (Å²) in [6, 6.07) is 14.5. The number of hydrogen-bond acceptors (Lipinski definition) is 4. The van der Waals surface area contributed by atoms with Gasteiger partial charge in [0.15, 0.2) is 0 Å². The van der Waals surface area contributed by atoms with Crippen LogP contribution in [-0.2, 0) is 4.79 Å². The van der Waals surface area contributed by atoms with Crippen LogP contribution in [0.5, 0.6) is 5.75 Å². The molecule has 0 spiro atoms. The van der Waals surface area contributed by atoms with Gasteiger partial charge in [-0.2, -0.15) is 5.26 Å². The molecular formula is C21H14F2N2O3. The summed E-state index contributed by atoms with van der Waals surface area (Å²) in [7, 11) is 1.53. The molecule has 0 radical (unpaired) electrons. The van der Waals surface area contributed by atoms with Gasteiger partial charge < -0.3 is 14.5 Å². The second kappa shape index (κ2) is 8.18. The minimum absolute atomic E-state index is 0.0715. The molecule has 1 aromatic heterocycles. The van der Waals surface area contributed by atoms with E-state index in [9.17, 15) is 18.8 Å². The zero-order valence-corrected chi connectivity index (χ0v) is 14.7. The number of hydrogen-bond donors (Lipinski definition) is 1. The monoisotopic (exact) mass is 380 g/mol. The van der Waals surface area contributed by atoms with Crippen LogP contribution in [0.3, 0.4) is 0 Å². The first-order valence-corrected chi connectivity index (χ1v) is 8.12. The second-order valence-corrected chi connectivity index (χ2v) is 5.68. The Balaban J connectivity index is 1.79. The van der Waals surface area contributed by atoms with Gasteiger partial charge in [0, 0.05) is 17.8 Å². The molecule has 0 saturated heterocycles. The highest BCUT2D eigenvalue weighted by atomic mass is 19.1. The van der Waals surface area contributed by atoms with Crippen LogP contribution in [0.1, 0.15) is 5.76 Å². The fourth-order valence-electron chi connectivity index (χ4n) is 2.43. The number of nitrogens with zero attached hydrogens (tertiary/aromatic N) is 1. The van der Waals surface area contributed by atoms with Crippen molar-refractivity contribution in [1.29, 1.82) is 5.26 Å². The number of nitrogens with one attached hydrogen (secondary N) is 1. The van der Waals surface area contributed by atoms with E-state index in [1.807, 2.05) is 0 Å². The van der Waals surface area contributed by atoms with E-state index in [1.165, 1.54) is 31.4 Å². The number of anilines is 1. The molecule has 140 valence electrons. The summed E-state index contributed by atoms with van der Waals surface area (Å²) in [5, 5.41) is 11.9. The minimum Gasteiger partial charge on any atom is -0.497 e. The van der Waals surface area contributed by atoms with Gasteiger partial charge in [-0.05, 0) is 48.5 Å². The summed E-state index contributed by atoms with van der Waals surface area (Å²) in [5.74, 6) is -1.14. The molecule has 3 rings (SSSR count). The van der Waals surface area contributed by atoms with Crippen molar-refractivity contribution < 1.29 is 22.7 Å². The number of halogens is 2. The first kappa shape index (κ1) is 18.9. The Labute approximate surface area is 159 Å². The third kappa shape index (κ3) is 4.24. The van der Waals surface area contributed by atoms with E-state index in [4.69, 9.17) is 9.15 Å². The summed E-state index contributed by atoms with van der Waals surface area (Å²) in [6.07, 6.45) is 1.24. The van der Waals surface area contributed by atoms with Crippen molar-refractivity contribution in [1.82, 2.24) is 0 Å². The molecule has 0 unspecified atom stereocenters. The highest BCUT2D eigenvalue weighted by molar-refractivity contribution is 6.09. The molecule has 1 amide bonds. The van der Waals surface area contributed by atoms with Crippen LogP contribution < -0.4 is 10.1 Å². The molecule has 2 aromatic carbocycles. The summed E-state index contributed by atoms with van der Waals surface area (Å²) in [6.45, 7) is 0. The lowest BCUT2D eigenvalue weighted by Crippen LogP contribution is -2.13. The van der Waals surface area contributed by atoms with Crippen LogP contribution in [-0.4, -0.2) is 13.0 Å². The van der Waals surface area contributed by atoms with Gasteiger partial charge in [-0.15, -0.1) is 0 Å². The fraction of sp³-hybridized carbons (Fsp3) is 0.0476. The first-order chi connectivity index (χ1) is 13.5. The number of benzene rings is 2. The van der Waals surface area contributed by atoms with E-state index in [-0.39, 0.29) is 22.7 Å². The number of rotatable bonds is 5. The van der Waals surface area contributed by atoms with Gasteiger partial charge in [-0.1, -0.05) is 0 Å².